The maximum Gasteiger partial charge on any atom is 0.500 e. The van der Waals surface area contributed by atoms with Gasteiger partial charge in [0.15, 0.2) is 0 Å². The van der Waals surface area contributed by atoms with E-state index in [2.05, 4.69) is 5.32 Å². The zero-order valence-electron chi connectivity index (χ0n) is 10.8. The molecule has 0 fully saturated rings. The summed E-state index contributed by atoms with van der Waals surface area (Å²) >= 11 is 0. The topological polar surface area (TPSA) is 94.1 Å². The lowest BCUT2D eigenvalue weighted by Gasteiger charge is -2.24. The van der Waals surface area contributed by atoms with Gasteiger partial charge in [-0.3, -0.25) is 4.79 Å². The molecule has 0 aliphatic carbocycles. The van der Waals surface area contributed by atoms with Gasteiger partial charge in [-0.2, -0.15) is 0 Å². The number of carbonyl (C=O) groups is 2. The molecule has 0 rings (SSSR count). The number of rotatable bonds is 9. The summed E-state index contributed by atoms with van der Waals surface area (Å²) < 4.78 is 15.6. The maximum absolute atomic E-state index is 11.1. The van der Waals surface area contributed by atoms with Crippen molar-refractivity contribution in [2.75, 3.05) is 27.9 Å². The van der Waals surface area contributed by atoms with Crippen molar-refractivity contribution in [3.63, 3.8) is 0 Å². The Balaban J connectivity index is 3.92. The molecule has 0 aromatic rings. The monoisotopic (exact) mass is 277 g/mol. The van der Waals surface area contributed by atoms with Gasteiger partial charge in [-0.1, -0.05) is 0 Å². The van der Waals surface area contributed by atoms with Gasteiger partial charge >= 0.3 is 14.8 Å². The van der Waals surface area contributed by atoms with Crippen LogP contribution in [0.1, 0.15) is 6.42 Å². The van der Waals surface area contributed by atoms with Crippen molar-refractivity contribution in [3.05, 3.63) is 12.2 Å². The van der Waals surface area contributed by atoms with Gasteiger partial charge in [0, 0.05) is 46.1 Å². The molecule has 2 N–H and O–H groups in total. The molecular formula is C10H19NO6Si. The standard InChI is InChI=1S/C10H19NO6Si/c1-15-18(16-2,17-3)8-4-7-11-9(12)5-6-10(13)14/h5-6H,4,7-8H2,1-3H3,(H,11,12)(H,13,14)/b6-5-. The van der Waals surface area contributed by atoms with Gasteiger partial charge in [-0.25, -0.2) is 4.79 Å². The molecule has 0 saturated heterocycles. The number of aliphatic carboxylic acids is 1. The highest BCUT2D eigenvalue weighted by atomic mass is 28.4. The molecule has 0 aromatic carbocycles. The number of nitrogens with one attached hydrogen (secondary N) is 1. The average Bonchev–Trinajstić information content (AvgIpc) is 2.37. The van der Waals surface area contributed by atoms with Crippen LogP contribution in [-0.2, 0) is 22.9 Å². The van der Waals surface area contributed by atoms with E-state index in [0.717, 1.165) is 12.2 Å². The molecular weight excluding hydrogens is 258 g/mol. The number of carbonyl (C=O) groups excluding carboxylic acids is 1. The zero-order chi connectivity index (χ0) is 14.0. The van der Waals surface area contributed by atoms with E-state index in [1.165, 1.54) is 21.3 Å². The lowest BCUT2D eigenvalue weighted by molar-refractivity contribution is -0.131. The van der Waals surface area contributed by atoms with Gasteiger partial charge < -0.3 is 23.7 Å². The summed E-state index contributed by atoms with van der Waals surface area (Å²) in [5.74, 6) is -1.60. The third-order valence-electron chi connectivity index (χ3n) is 2.27. The molecule has 0 saturated carbocycles. The lowest BCUT2D eigenvalue weighted by Crippen LogP contribution is -2.43. The van der Waals surface area contributed by atoms with E-state index in [-0.39, 0.29) is 0 Å². The Morgan fingerprint density at radius 3 is 2.17 bits per heavy atom. The van der Waals surface area contributed by atoms with E-state index < -0.39 is 20.7 Å². The predicted octanol–water partition coefficient (Wildman–Crippen LogP) is 0.0116. The van der Waals surface area contributed by atoms with Gasteiger partial charge in [-0.05, 0) is 6.42 Å². The van der Waals surface area contributed by atoms with Crippen molar-refractivity contribution in [2.45, 2.75) is 12.5 Å². The van der Waals surface area contributed by atoms with Gasteiger partial charge in [0.05, 0.1) is 0 Å². The van der Waals surface area contributed by atoms with Gasteiger partial charge in [0.25, 0.3) is 0 Å². The van der Waals surface area contributed by atoms with Crippen LogP contribution in [-0.4, -0.2) is 53.7 Å². The number of carboxylic acids is 1. The first kappa shape index (κ1) is 16.8. The van der Waals surface area contributed by atoms with Crippen LogP contribution in [0, 0.1) is 0 Å². The summed E-state index contributed by atoms with van der Waals surface area (Å²) in [5, 5.41) is 10.9. The van der Waals surface area contributed by atoms with Crippen molar-refractivity contribution in [3.8, 4) is 0 Å². The molecule has 1 amide bonds. The molecule has 0 atom stereocenters. The molecule has 7 nitrogen and oxygen atoms in total. The fraction of sp³-hybridized carbons (Fsp3) is 0.600. The third-order valence-corrected chi connectivity index (χ3v) is 5.10. The first-order chi connectivity index (χ1) is 8.49. The molecule has 8 heteroatoms. The molecule has 104 valence electrons. The van der Waals surface area contributed by atoms with Crippen LogP contribution in [0.15, 0.2) is 12.2 Å². The van der Waals surface area contributed by atoms with Gasteiger partial charge in [0.1, 0.15) is 0 Å². The van der Waals surface area contributed by atoms with E-state index in [0.29, 0.717) is 19.0 Å². The largest absolute Gasteiger partial charge is 0.500 e. The van der Waals surface area contributed by atoms with Crippen LogP contribution < -0.4 is 5.32 Å². The number of carboxylic acid groups (broad SMARTS) is 1. The van der Waals surface area contributed by atoms with E-state index in [4.69, 9.17) is 18.4 Å². The maximum atomic E-state index is 11.1. The Kier molecular flexibility index (Phi) is 8.21. The molecule has 0 bridgehead atoms. The van der Waals surface area contributed by atoms with E-state index in [1.807, 2.05) is 0 Å². The SMILES string of the molecule is CO[Si](CCCNC(=O)/C=C\C(=O)O)(OC)OC. The fourth-order valence-electron chi connectivity index (χ4n) is 1.28. The predicted molar refractivity (Wildman–Crippen MR) is 66.0 cm³/mol. The Morgan fingerprint density at radius 1 is 1.17 bits per heavy atom. The summed E-state index contributed by atoms with van der Waals surface area (Å²) in [6, 6.07) is 0.569. The Bertz CT molecular complexity index is 294. The second-order valence-electron chi connectivity index (χ2n) is 3.36. The third kappa shape index (κ3) is 6.50. The van der Waals surface area contributed by atoms with Gasteiger partial charge in [-0.15, -0.1) is 0 Å². The molecule has 0 unspecified atom stereocenters. The van der Waals surface area contributed by atoms with Crippen LogP contribution in [0.25, 0.3) is 0 Å². The summed E-state index contributed by atoms with van der Waals surface area (Å²) in [5.41, 5.74) is 0. The molecule has 0 aliphatic rings. The second kappa shape index (κ2) is 8.81. The number of amides is 1. The van der Waals surface area contributed by atoms with Crippen LogP contribution >= 0.6 is 0 Å². The molecule has 0 aliphatic heterocycles. The summed E-state index contributed by atoms with van der Waals surface area (Å²) in [7, 11) is 1.97. The first-order valence-electron chi connectivity index (χ1n) is 5.34. The van der Waals surface area contributed by atoms with Crippen LogP contribution in [0.3, 0.4) is 0 Å². The molecule has 0 spiro atoms. The van der Waals surface area contributed by atoms with Crippen LogP contribution in [0.4, 0.5) is 0 Å². The van der Waals surface area contributed by atoms with Gasteiger partial charge in [0.2, 0.25) is 5.91 Å². The molecule has 0 heterocycles. The number of hydrogen-bond donors (Lipinski definition) is 2. The Morgan fingerprint density at radius 2 is 1.72 bits per heavy atom. The lowest BCUT2D eigenvalue weighted by atomic mass is 10.4. The molecule has 0 aromatic heterocycles. The highest BCUT2D eigenvalue weighted by Gasteiger charge is 2.36. The minimum Gasteiger partial charge on any atom is -0.478 e. The fourth-order valence-corrected chi connectivity index (χ4v) is 3.00. The second-order valence-corrected chi connectivity index (χ2v) is 6.45. The average molecular weight is 277 g/mol. The van der Waals surface area contributed by atoms with Crippen molar-refractivity contribution < 1.29 is 28.0 Å². The summed E-state index contributed by atoms with van der Waals surface area (Å²) in [4.78, 5) is 21.3. The molecule has 0 radical (unpaired) electrons. The highest BCUT2D eigenvalue weighted by Crippen LogP contribution is 2.14. The number of hydrogen-bond acceptors (Lipinski definition) is 5. The van der Waals surface area contributed by atoms with Crippen molar-refractivity contribution in [1.82, 2.24) is 5.32 Å². The zero-order valence-corrected chi connectivity index (χ0v) is 11.8. The summed E-state index contributed by atoms with van der Waals surface area (Å²) in [6.45, 7) is 0.396. The van der Waals surface area contributed by atoms with E-state index >= 15 is 0 Å². The normalized spacial score (nSPS) is 11.7. The van der Waals surface area contributed by atoms with Crippen molar-refractivity contribution in [2.24, 2.45) is 0 Å². The molecule has 18 heavy (non-hydrogen) atoms. The minimum atomic E-state index is -2.59. The summed E-state index contributed by atoms with van der Waals surface area (Å²) in [6.07, 6.45) is 2.37. The van der Waals surface area contributed by atoms with Crippen LogP contribution in [0.5, 0.6) is 0 Å². The van der Waals surface area contributed by atoms with E-state index in [1.54, 1.807) is 0 Å². The Hall–Kier alpha value is -1.22. The van der Waals surface area contributed by atoms with Crippen molar-refractivity contribution >= 4 is 20.7 Å². The smallest absolute Gasteiger partial charge is 0.478 e. The van der Waals surface area contributed by atoms with Crippen LogP contribution in [0.2, 0.25) is 6.04 Å². The first-order valence-corrected chi connectivity index (χ1v) is 7.27. The quantitative estimate of drug-likeness (QED) is 0.350. The van der Waals surface area contributed by atoms with E-state index in [9.17, 15) is 9.59 Å². The Labute approximate surface area is 107 Å². The highest BCUT2D eigenvalue weighted by molar-refractivity contribution is 6.60. The minimum absolute atomic E-state index is 0.396. The van der Waals surface area contributed by atoms with Crippen molar-refractivity contribution in [1.29, 1.82) is 0 Å².